The number of rotatable bonds is 6. The molecule has 0 aliphatic carbocycles. The van der Waals surface area contributed by atoms with E-state index in [1.165, 1.54) is 18.1 Å². The van der Waals surface area contributed by atoms with Gasteiger partial charge in [-0.25, -0.2) is 9.67 Å². The molecule has 11 heteroatoms. The summed E-state index contributed by atoms with van der Waals surface area (Å²) in [6.07, 6.45) is 4.53. The molecule has 0 atom stereocenters. The molecular formula is C17H14ClN7O2S. The van der Waals surface area contributed by atoms with E-state index >= 15 is 0 Å². The molecule has 0 fully saturated rings. The first-order valence-electron chi connectivity index (χ1n) is 8.12. The maximum Gasteiger partial charge on any atom is 0.234 e. The van der Waals surface area contributed by atoms with Crippen LogP contribution in [0.5, 0.6) is 0 Å². The number of halogens is 1. The van der Waals surface area contributed by atoms with Crippen LogP contribution in [-0.2, 0) is 11.8 Å². The Labute approximate surface area is 168 Å². The van der Waals surface area contributed by atoms with Crippen LogP contribution >= 0.6 is 23.4 Å². The molecule has 0 unspecified atom stereocenters. The molecule has 1 aromatic carbocycles. The lowest BCUT2D eigenvalue weighted by atomic mass is 10.2. The van der Waals surface area contributed by atoms with E-state index in [0.29, 0.717) is 33.1 Å². The van der Waals surface area contributed by atoms with Crippen molar-refractivity contribution in [1.82, 2.24) is 29.5 Å². The summed E-state index contributed by atoms with van der Waals surface area (Å²) in [5.41, 5.74) is 1.21. The number of amides is 1. The van der Waals surface area contributed by atoms with Crippen LogP contribution in [0, 0.1) is 0 Å². The normalized spacial score (nSPS) is 10.9. The van der Waals surface area contributed by atoms with E-state index in [0.717, 1.165) is 0 Å². The highest BCUT2D eigenvalue weighted by molar-refractivity contribution is 7.99. The van der Waals surface area contributed by atoms with Crippen molar-refractivity contribution in [2.24, 2.45) is 7.05 Å². The molecule has 0 bridgehead atoms. The molecule has 1 N–H and O–H groups in total. The number of benzene rings is 1. The number of aromatic nitrogens is 6. The van der Waals surface area contributed by atoms with E-state index in [1.54, 1.807) is 52.2 Å². The van der Waals surface area contributed by atoms with Crippen LogP contribution in [0.3, 0.4) is 0 Å². The molecule has 0 saturated heterocycles. The van der Waals surface area contributed by atoms with Gasteiger partial charge >= 0.3 is 0 Å². The minimum atomic E-state index is -0.212. The standard InChI is InChI=1S/C17H14ClN7O2S/c1-24-16(14-3-2-6-27-14)22-23-17(24)28-8-15(26)21-12-7-11(18)4-5-13(12)25-10-19-9-20-25/h2-7,9-10H,8H2,1H3,(H,21,26). The van der Waals surface area contributed by atoms with Crippen molar-refractivity contribution in [1.29, 1.82) is 0 Å². The fourth-order valence-corrected chi connectivity index (χ4v) is 3.40. The van der Waals surface area contributed by atoms with Gasteiger partial charge in [0.1, 0.15) is 12.7 Å². The highest BCUT2D eigenvalue weighted by Gasteiger charge is 2.15. The van der Waals surface area contributed by atoms with Gasteiger partial charge in [0.05, 0.1) is 23.4 Å². The van der Waals surface area contributed by atoms with E-state index in [4.69, 9.17) is 16.0 Å². The lowest BCUT2D eigenvalue weighted by Crippen LogP contribution is -2.16. The molecule has 0 radical (unpaired) electrons. The highest BCUT2D eigenvalue weighted by atomic mass is 35.5. The summed E-state index contributed by atoms with van der Waals surface area (Å²) in [7, 11) is 1.82. The predicted molar refractivity (Wildman–Crippen MR) is 104 cm³/mol. The summed E-state index contributed by atoms with van der Waals surface area (Å²) in [5.74, 6) is 1.14. The van der Waals surface area contributed by atoms with Gasteiger partial charge < -0.3 is 14.3 Å². The van der Waals surface area contributed by atoms with E-state index in [-0.39, 0.29) is 11.7 Å². The van der Waals surface area contributed by atoms with Gasteiger partial charge in [0.2, 0.25) is 5.91 Å². The first kappa shape index (κ1) is 18.3. The number of carbonyl (C=O) groups is 1. The molecule has 28 heavy (non-hydrogen) atoms. The van der Waals surface area contributed by atoms with Gasteiger partial charge in [0.15, 0.2) is 16.7 Å². The summed E-state index contributed by atoms with van der Waals surface area (Å²) in [6.45, 7) is 0. The summed E-state index contributed by atoms with van der Waals surface area (Å²) in [6, 6.07) is 8.73. The zero-order valence-corrected chi connectivity index (χ0v) is 16.2. The molecule has 0 aliphatic heterocycles. The van der Waals surface area contributed by atoms with Crippen molar-refractivity contribution < 1.29 is 9.21 Å². The molecule has 4 aromatic rings. The molecule has 1 amide bonds. The smallest absolute Gasteiger partial charge is 0.234 e. The van der Waals surface area contributed by atoms with Crippen LogP contribution in [0.25, 0.3) is 17.3 Å². The second-order valence-corrected chi connectivity index (χ2v) is 7.06. The van der Waals surface area contributed by atoms with Gasteiger partial charge in [-0.2, -0.15) is 5.10 Å². The quantitative estimate of drug-likeness (QED) is 0.482. The summed E-state index contributed by atoms with van der Waals surface area (Å²) < 4.78 is 8.67. The predicted octanol–water partition coefficient (Wildman–Crippen LogP) is 3.04. The van der Waals surface area contributed by atoms with E-state index in [2.05, 4.69) is 25.6 Å². The first-order chi connectivity index (χ1) is 13.6. The lowest BCUT2D eigenvalue weighted by molar-refractivity contribution is -0.113. The molecule has 0 aliphatic rings. The van der Waals surface area contributed by atoms with Crippen LogP contribution in [0.4, 0.5) is 5.69 Å². The third-order valence-corrected chi connectivity index (χ3v) is 5.06. The van der Waals surface area contributed by atoms with Crippen molar-refractivity contribution >= 4 is 35.0 Å². The van der Waals surface area contributed by atoms with Crippen molar-refractivity contribution in [3.63, 3.8) is 0 Å². The third kappa shape index (κ3) is 3.78. The summed E-state index contributed by atoms with van der Waals surface area (Å²) in [5, 5.41) is 16.3. The van der Waals surface area contributed by atoms with Crippen molar-refractivity contribution in [3.05, 3.63) is 54.3 Å². The molecule has 3 heterocycles. The van der Waals surface area contributed by atoms with Crippen LogP contribution < -0.4 is 5.32 Å². The Kier molecular flexibility index (Phi) is 5.13. The molecule has 0 spiro atoms. The van der Waals surface area contributed by atoms with E-state index < -0.39 is 0 Å². The lowest BCUT2D eigenvalue weighted by Gasteiger charge is -2.11. The van der Waals surface area contributed by atoms with E-state index in [9.17, 15) is 4.79 Å². The zero-order valence-electron chi connectivity index (χ0n) is 14.6. The number of nitrogens with one attached hydrogen (secondary N) is 1. The molecule has 0 saturated carbocycles. The Morgan fingerprint density at radius 3 is 2.96 bits per heavy atom. The Balaban J connectivity index is 1.46. The van der Waals surface area contributed by atoms with Gasteiger partial charge in [-0.3, -0.25) is 4.79 Å². The second kappa shape index (κ2) is 7.87. The Morgan fingerprint density at radius 2 is 2.21 bits per heavy atom. The number of nitrogens with zero attached hydrogens (tertiary/aromatic N) is 6. The molecule has 4 rings (SSSR count). The zero-order chi connectivity index (χ0) is 19.5. The Bertz CT molecular complexity index is 1090. The van der Waals surface area contributed by atoms with E-state index in [1.807, 2.05) is 7.05 Å². The number of hydrogen-bond acceptors (Lipinski definition) is 7. The number of furan rings is 1. The third-order valence-electron chi connectivity index (χ3n) is 3.81. The van der Waals surface area contributed by atoms with Crippen molar-refractivity contribution in [3.8, 4) is 17.3 Å². The fraction of sp³-hybridized carbons (Fsp3) is 0.118. The van der Waals surface area contributed by atoms with Crippen LogP contribution in [-0.4, -0.2) is 41.2 Å². The SMILES string of the molecule is Cn1c(SCC(=O)Nc2cc(Cl)ccc2-n2cncn2)nnc1-c1ccco1. The summed E-state index contributed by atoms with van der Waals surface area (Å²) >= 11 is 7.34. The molecular weight excluding hydrogens is 402 g/mol. The fourth-order valence-electron chi connectivity index (χ4n) is 2.52. The number of anilines is 1. The number of thioether (sulfide) groups is 1. The minimum Gasteiger partial charge on any atom is -0.461 e. The van der Waals surface area contributed by atoms with Crippen LogP contribution in [0.15, 0.2) is 58.8 Å². The Morgan fingerprint density at radius 1 is 1.32 bits per heavy atom. The minimum absolute atomic E-state index is 0.146. The Hall–Kier alpha value is -3.11. The number of carbonyl (C=O) groups excluding carboxylic acids is 1. The average Bonchev–Trinajstić information content (AvgIpc) is 3.42. The largest absolute Gasteiger partial charge is 0.461 e. The van der Waals surface area contributed by atoms with Crippen LogP contribution in [0.2, 0.25) is 5.02 Å². The van der Waals surface area contributed by atoms with Gasteiger partial charge in [0, 0.05) is 12.1 Å². The highest BCUT2D eigenvalue weighted by Crippen LogP contribution is 2.26. The van der Waals surface area contributed by atoms with Gasteiger partial charge in [-0.1, -0.05) is 23.4 Å². The van der Waals surface area contributed by atoms with Crippen LogP contribution in [0.1, 0.15) is 0 Å². The van der Waals surface area contributed by atoms with Gasteiger partial charge in [0.25, 0.3) is 0 Å². The molecule has 9 nitrogen and oxygen atoms in total. The van der Waals surface area contributed by atoms with Gasteiger partial charge in [-0.15, -0.1) is 10.2 Å². The van der Waals surface area contributed by atoms with Crippen molar-refractivity contribution in [2.45, 2.75) is 5.16 Å². The molecule has 3 aromatic heterocycles. The monoisotopic (exact) mass is 415 g/mol. The second-order valence-electron chi connectivity index (χ2n) is 5.68. The number of hydrogen-bond donors (Lipinski definition) is 1. The average molecular weight is 416 g/mol. The first-order valence-corrected chi connectivity index (χ1v) is 9.48. The van der Waals surface area contributed by atoms with Crippen molar-refractivity contribution in [2.75, 3.05) is 11.1 Å². The maximum absolute atomic E-state index is 12.5. The summed E-state index contributed by atoms with van der Waals surface area (Å²) in [4.78, 5) is 16.4. The van der Waals surface area contributed by atoms with Gasteiger partial charge in [-0.05, 0) is 30.3 Å². The molecule has 142 valence electrons. The topological polar surface area (TPSA) is 104 Å². The maximum atomic E-state index is 12.5.